The molecule has 3 heteroatoms. The average Bonchev–Trinajstić information content (AvgIpc) is 2.58. The maximum atomic E-state index is 11.0. The van der Waals surface area contributed by atoms with Gasteiger partial charge in [0.2, 0.25) is 11.8 Å². The van der Waals surface area contributed by atoms with Crippen LogP contribution in [0.1, 0.15) is 39.0 Å². The van der Waals surface area contributed by atoms with Crippen LogP contribution in [0.2, 0.25) is 0 Å². The summed E-state index contributed by atoms with van der Waals surface area (Å²) in [6.07, 6.45) is 7.91. The molecule has 0 bridgehead atoms. The molecule has 1 unspecified atom stereocenters. The van der Waals surface area contributed by atoms with Crippen molar-refractivity contribution in [3.8, 4) is 0 Å². The molecule has 3 nitrogen and oxygen atoms in total. The normalized spacial score (nSPS) is 18.4. The minimum atomic E-state index is -0.110. The van der Waals surface area contributed by atoms with E-state index in [1.165, 1.54) is 0 Å². The highest BCUT2D eigenvalue weighted by Gasteiger charge is 2.29. The molecule has 1 aliphatic heterocycles. The fourth-order valence-corrected chi connectivity index (χ4v) is 1.48. The molecule has 2 amide bonds. The third-order valence-electron chi connectivity index (χ3n) is 2.39. The Labute approximate surface area is 97.6 Å². The summed E-state index contributed by atoms with van der Waals surface area (Å²) in [5.41, 5.74) is 0. The third kappa shape index (κ3) is 6.17. The van der Waals surface area contributed by atoms with Crippen LogP contribution in [0.25, 0.3) is 0 Å². The lowest BCUT2D eigenvalue weighted by atomic mass is 10.00. The number of hydrogen-bond donors (Lipinski definition) is 1. The summed E-state index contributed by atoms with van der Waals surface area (Å²) < 4.78 is 0. The van der Waals surface area contributed by atoms with E-state index in [0.29, 0.717) is 6.42 Å². The van der Waals surface area contributed by atoms with E-state index >= 15 is 0 Å². The van der Waals surface area contributed by atoms with E-state index in [1.807, 2.05) is 0 Å². The summed E-state index contributed by atoms with van der Waals surface area (Å²) in [6, 6.07) is 0. The van der Waals surface area contributed by atoms with Crippen LogP contribution in [0.5, 0.6) is 0 Å². The van der Waals surface area contributed by atoms with Gasteiger partial charge in [0.1, 0.15) is 0 Å². The Kier molecular flexibility index (Phi) is 8.12. The number of hydrogen-bond acceptors (Lipinski definition) is 2. The summed E-state index contributed by atoms with van der Waals surface area (Å²) in [4.78, 5) is 21.8. The van der Waals surface area contributed by atoms with Crippen molar-refractivity contribution in [2.75, 3.05) is 0 Å². The van der Waals surface area contributed by atoms with Crippen molar-refractivity contribution in [3.05, 3.63) is 25.3 Å². The maximum absolute atomic E-state index is 11.0. The van der Waals surface area contributed by atoms with E-state index in [9.17, 15) is 9.59 Å². The fourth-order valence-electron chi connectivity index (χ4n) is 1.48. The van der Waals surface area contributed by atoms with E-state index < -0.39 is 0 Å². The lowest BCUT2D eigenvalue weighted by molar-refractivity contribution is -0.125. The maximum Gasteiger partial charge on any atom is 0.230 e. The number of imide groups is 1. The zero-order valence-electron chi connectivity index (χ0n) is 10.00. The molecule has 0 radical (unpaired) electrons. The van der Waals surface area contributed by atoms with Gasteiger partial charge in [-0.2, -0.15) is 0 Å². The second kappa shape index (κ2) is 8.89. The molecule has 0 aromatic rings. The predicted molar refractivity (Wildman–Crippen MR) is 65.8 cm³/mol. The Morgan fingerprint density at radius 1 is 1.31 bits per heavy atom. The van der Waals surface area contributed by atoms with Crippen LogP contribution in [0.15, 0.2) is 25.3 Å². The third-order valence-corrected chi connectivity index (χ3v) is 2.39. The molecule has 0 spiro atoms. The van der Waals surface area contributed by atoms with Crippen molar-refractivity contribution in [2.24, 2.45) is 5.92 Å². The van der Waals surface area contributed by atoms with Crippen LogP contribution in [0, 0.1) is 5.92 Å². The zero-order chi connectivity index (χ0) is 12.4. The molecule has 1 rings (SSSR count). The number of amides is 2. The summed E-state index contributed by atoms with van der Waals surface area (Å²) >= 11 is 0. The summed E-state index contributed by atoms with van der Waals surface area (Å²) in [5, 5.41) is 2.32. The lowest BCUT2D eigenvalue weighted by Gasteiger charge is -2.03. The van der Waals surface area contributed by atoms with Crippen molar-refractivity contribution in [1.82, 2.24) is 5.32 Å². The van der Waals surface area contributed by atoms with E-state index in [-0.39, 0.29) is 17.7 Å². The average molecular weight is 223 g/mol. The summed E-state index contributed by atoms with van der Waals surface area (Å²) in [6.45, 7) is 8.85. The number of nitrogens with one attached hydrogen (secondary N) is 1. The van der Waals surface area contributed by atoms with Gasteiger partial charge in [0, 0.05) is 12.3 Å². The van der Waals surface area contributed by atoms with Crippen molar-refractivity contribution in [2.45, 2.75) is 39.0 Å². The fraction of sp³-hybridized carbons (Fsp3) is 0.538. The molecule has 1 atom stereocenters. The van der Waals surface area contributed by atoms with E-state index in [2.05, 4.69) is 25.4 Å². The van der Waals surface area contributed by atoms with Crippen LogP contribution in [0.4, 0.5) is 0 Å². The molecule has 0 saturated carbocycles. The molecule has 0 aliphatic carbocycles. The van der Waals surface area contributed by atoms with Gasteiger partial charge >= 0.3 is 0 Å². The first-order valence-corrected chi connectivity index (χ1v) is 5.72. The van der Waals surface area contributed by atoms with Gasteiger partial charge in [-0.15, -0.1) is 0 Å². The van der Waals surface area contributed by atoms with Gasteiger partial charge in [0.25, 0.3) is 0 Å². The van der Waals surface area contributed by atoms with Gasteiger partial charge in [-0.25, -0.2) is 0 Å². The van der Waals surface area contributed by atoms with Crippen LogP contribution >= 0.6 is 0 Å². The molecule has 1 fully saturated rings. The highest BCUT2D eigenvalue weighted by molar-refractivity contribution is 6.03. The predicted octanol–water partition coefficient (Wildman–Crippen LogP) is 2.59. The van der Waals surface area contributed by atoms with E-state index in [4.69, 9.17) is 0 Å². The van der Waals surface area contributed by atoms with Crippen molar-refractivity contribution in [1.29, 1.82) is 0 Å². The molecule has 1 saturated heterocycles. The molecule has 0 aromatic heterocycles. The van der Waals surface area contributed by atoms with Crippen molar-refractivity contribution >= 4 is 11.8 Å². The highest BCUT2D eigenvalue weighted by Crippen LogP contribution is 2.18. The van der Waals surface area contributed by atoms with Gasteiger partial charge in [-0.1, -0.05) is 51.5 Å². The van der Waals surface area contributed by atoms with Gasteiger partial charge in [-0.3, -0.25) is 14.9 Å². The SMILES string of the molecule is C=CC=C.CCCCCC1CC(=O)NC1=O. The Bertz CT molecular complexity index is 253. The molecule has 1 N–H and O–H groups in total. The Morgan fingerprint density at radius 2 is 1.94 bits per heavy atom. The standard InChI is InChI=1S/C9H15NO2.C4H6/c1-2-3-4-5-7-6-8(11)10-9(7)12;1-3-4-2/h7H,2-6H2,1H3,(H,10,11,12);3-4H,1-2H2. The summed E-state index contributed by atoms with van der Waals surface area (Å²) in [7, 11) is 0. The number of allylic oxidation sites excluding steroid dienone is 2. The molecule has 1 aliphatic rings. The van der Waals surface area contributed by atoms with Crippen LogP contribution in [-0.4, -0.2) is 11.8 Å². The number of carbonyl (C=O) groups is 2. The minimum absolute atomic E-state index is 0.0379. The topological polar surface area (TPSA) is 46.2 Å². The van der Waals surface area contributed by atoms with Crippen molar-refractivity contribution in [3.63, 3.8) is 0 Å². The number of rotatable bonds is 5. The summed E-state index contributed by atoms with van der Waals surface area (Å²) in [5.74, 6) is -0.221. The largest absolute Gasteiger partial charge is 0.296 e. The smallest absolute Gasteiger partial charge is 0.230 e. The second-order valence-electron chi connectivity index (χ2n) is 3.78. The van der Waals surface area contributed by atoms with Gasteiger partial charge < -0.3 is 0 Å². The van der Waals surface area contributed by atoms with Gasteiger partial charge in [-0.05, 0) is 6.42 Å². The van der Waals surface area contributed by atoms with Crippen LogP contribution in [0.3, 0.4) is 0 Å². The monoisotopic (exact) mass is 223 g/mol. The van der Waals surface area contributed by atoms with Crippen LogP contribution in [-0.2, 0) is 9.59 Å². The second-order valence-corrected chi connectivity index (χ2v) is 3.78. The quantitative estimate of drug-likeness (QED) is 0.442. The van der Waals surface area contributed by atoms with E-state index in [0.717, 1.165) is 25.7 Å². The Balaban J connectivity index is 0.000000487. The molecule has 1 heterocycles. The Morgan fingerprint density at radius 3 is 2.31 bits per heavy atom. The highest BCUT2D eigenvalue weighted by atomic mass is 16.2. The van der Waals surface area contributed by atoms with E-state index in [1.54, 1.807) is 12.2 Å². The Hall–Kier alpha value is -1.38. The van der Waals surface area contributed by atoms with Gasteiger partial charge in [0.05, 0.1) is 0 Å². The molecular weight excluding hydrogens is 202 g/mol. The van der Waals surface area contributed by atoms with Crippen molar-refractivity contribution < 1.29 is 9.59 Å². The first-order valence-electron chi connectivity index (χ1n) is 5.72. The van der Waals surface area contributed by atoms with Crippen LogP contribution < -0.4 is 5.32 Å². The number of carbonyl (C=O) groups excluding carboxylic acids is 2. The molecule has 0 aromatic carbocycles. The zero-order valence-corrected chi connectivity index (χ0v) is 10.00. The first-order chi connectivity index (χ1) is 7.65. The molecule has 16 heavy (non-hydrogen) atoms. The molecule has 90 valence electrons. The number of unbranched alkanes of at least 4 members (excludes halogenated alkanes) is 2. The lowest BCUT2D eigenvalue weighted by Crippen LogP contribution is -2.21. The van der Waals surface area contributed by atoms with Gasteiger partial charge in [0.15, 0.2) is 0 Å². The minimum Gasteiger partial charge on any atom is -0.296 e. The first kappa shape index (κ1) is 14.6. The molecular formula is C13H21NO2.